The minimum absolute atomic E-state index is 0.0323. The largest absolute Gasteiger partial charge is 0.352 e. The van der Waals surface area contributed by atoms with Crippen LogP contribution in [0.2, 0.25) is 0 Å². The molecule has 7 nitrogen and oxygen atoms in total. The van der Waals surface area contributed by atoms with E-state index in [1.54, 1.807) is 13.8 Å². The lowest BCUT2D eigenvalue weighted by molar-refractivity contribution is -0.120. The maximum Gasteiger partial charge on any atom is 0.254 e. The van der Waals surface area contributed by atoms with Gasteiger partial charge < -0.3 is 16.1 Å². The van der Waals surface area contributed by atoms with Crippen molar-refractivity contribution in [2.75, 3.05) is 12.0 Å². The first-order chi connectivity index (χ1) is 8.95. The first kappa shape index (κ1) is 14.8. The van der Waals surface area contributed by atoms with Crippen molar-refractivity contribution in [2.45, 2.75) is 19.9 Å². The molecule has 0 aliphatic carbocycles. The van der Waals surface area contributed by atoms with Gasteiger partial charge >= 0.3 is 0 Å². The summed E-state index contributed by atoms with van der Waals surface area (Å²) in [4.78, 5) is 26.6. The van der Waals surface area contributed by atoms with E-state index in [1.165, 1.54) is 12.3 Å². The molecule has 1 heterocycles. The van der Waals surface area contributed by atoms with Crippen LogP contribution in [0, 0.1) is 5.82 Å². The molecule has 0 bridgehead atoms. The van der Waals surface area contributed by atoms with Crippen LogP contribution >= 0.6 is 0 Å². The van der Waals surface area contributed by atoms with Crippen molar-refractivity contribution in [2.24, 2.45) is 5.84 Å². The van der Waals surface area contributed by atoms with Crippen molar-refractivity contribution >= 4 is 17.6 Å². The van der Waals surface area contributed by atoms with Crippen molar-refractivity contribution in [3.05, 3.63) is 23.6 Å². The second-order valence-electron chi connectivity index (χ2n) is 4.07. The zero-order chi connectivity index (χ0) is 14.4. The number of nitrogens with two attached hydrogens (primary N) is 1. The summed E-state index contributed by atoms with van der Waals surface area (Å²) in [5.74, 6) is 2.88. The number of nitrogens with zero attached hydrogens (tertiary/aromatic N) is 1. The summed E-state index contributed by atoms with van der Waals surface area (Å²) in [5.41, 5.74) is 1.80. The Kier molecular flexibility index (Phi) is 5.19. The molecule has 0 fully saturated rings. The summed E-state index contributed by atoms with van der Waals surface area (Å²) in [7, 11) is 0. The Balaban J connectivity index is 2.66. The Bertz CT molecular complexity index is 478. The average Bonchev–Trinajstić information content (AvgIpc) is 2.35. The van der Waals surface area contributed by atoms with Crippen LogP contribution in [-0.2, 0) is 4.79 Å². The number of pyridine rings is 1. The fourth-order valence-electron chi connectivity index (χ4n) is 1.35. The average molecular weight is 269 g/mol. The number of hydrazine groups is 1. The van der Waals surface area contributed by atoms with E-state index in [-0.39, 0.29) is 29.9 Å². The quantitative estimate of drug-likeness (QED) is 0.436. The van der Waals surface area contributed by atoms with Gasteiger partial charge in [-0.05, 0) is 19.9 Å². The van der Waals surface area contributed by atoms with Crippen LogP contribution < -0.4 is 21.9 Å². The summed E-state index contributed by atoms with van der Waals surface area (Å²) < 4.78 is 13.7. The van der Waals surface area contributed by atoms with Crippen molar-refractivity contribution in [1.82, 2.24) is 15.6 Å². The van der Waals surface area contributed by atoms with E-state index in [1.807, 2.05) is 5.43 Å². The van der Waals surface area contributed by atoms with Gasteiger partial charge in [0.05, 0.1) is 12.1 Å². The molecular formula is C11H16FN5O2. The standard InChI is InChI=1S/C11H16FN5O2/c1-6(2)16-8(18)5-15-11(19)7-3-4-14-10(17-13)9(7)12/h3-4,6H,5,13H2,1-2H3,(H,14,17)(H,15,19)(H,16,18). The summed E-state index contributed by atoms with van der Waals surface area (Å²) in [6.45, 7) is 3.35. The molecule has 8 heteroatoms. The van der Waals surface area contributed by atoms with Gasteiger partial charge in [-0.15, -0.1) is 0 Å². The third kappa shape index (κ3) is 4.18. The van der Waals surface area contributed by atoms with E-state index in [9.17, 15) is 14.0 Å². The predicted molar refractivity (Wildman–Crippen MR) is 67.6 cm³/mol. The number of nitrogens with one attached hydrogen (secondary N) is 3. The minimum Gasteiger partial charge on any atom is -0.352 e. The molecule has 19 heavy (non-hydrogen) atoms. The number of rotatable bonds is 5. The molecule has 0 aliphatic heterocycles. The first-order valence-corrected chi connectivity index (χ1v) is 5.64. The number of carbonyl (C=O) groups is 2. The fourth-order valence-corrected chi connectivity index (χ4v) is 1.35. The fraction of sp³-hybridized carbons (Fsp3) is 0.364. The van der Waals surface area contributed by atoms with Crippen LogP contribution in [0.15, 0.2) is 12.3 Å². The zero-order valence-electron chi connectivity index (χ0n) is 10.7. The highest BCUT2D eigenvalue weighted by Crippen LogP contribution is 2.13. The molecule has 1 aromatic heterocycles. The smallest absolute Gasteiger partial charge is 0.254 e. The molecule has 5 N–H and O–H groups in total. The van der Waals surface area contributed by atoms with Crippen LogP contribution in [-0.4, -0.2) is 29.4 Å². The minimum atomic E-state index is -0.869. The van der Waals surface area contributed by atoms with Gasteiger partial charge in [0, 0.05) is 12.2 Å². The lowest BCUT2D eigenvalue weighted by atomic mass is 10.2. The molecule has 0 aliphatic rings. The number of amides is 2. The number of anilines is 1. The number of nitrogen functional groups attached to an aromatic ring is 1. The maximum atomic E-state index is 13.7. The van der Waals surface area contributed by atoms with Crippen LogP contribution in [0.4, 0.5) is 10.2 Å². The number of hydrogen-bond donors (Lipinski definition) is 4. The van der Waals surface area contributed by atoms with Gasteiger partial charge in [-0.2, -0.15) is 0 Å². The van der Waals surface area contributed by atoms with Gasteiger partial charge in [-0.25, -0.2) is 15.2 Å². The van der Waals surface area contributed by atoms with Crippen LogP contribution in [0.25, 0.3) is 0 Å². The van der Waals surface area contributed by atoms with Gasteiger partial charge in [-0.1, -0.05) is 0 Å². The molecular weight excluding hydrogens is 253 g/mol. The molecule has 1 rings (SSSR count). The highest BCUT2D eigenvalue weighted by atomic mass is 19.1. The number of carbonyl (C=O) groups excluding carboxylic acids is 2. The Hall–Kier alpha value is -2.22. The van der Waals surface area contributed by atoms with E-state index in [0.717, 1.165) is 0 Å². The summed E-state index contributed by atoms with van der Waals surface area (Å²) >= 11 is 0. The van der Waals surface area contributed by atoms with Gasteiger partial charge in [0.15, 0.2) is 11.6 Å². The molecule has 0 atom stereocenters. The van der Waals surface area contributed by atoms with Crippen molar-refractivity contribution in [3.8, 4) is 0 Å². The normalized spacial score (nSPS) is 10.2. The lowest BCUT2D eigenvalue weighted by Crippen LogP contribution is -2.40. The Morgan fingerprint density at radius 1 is 1.47 bits per heavy atom. The van der Waals surface area contributed by atoms with Crippen LogP contribution in [0.3, 0.4) is 0 Å². The molecule has 2 amide bonds. The Morgan fingerprint density at radius 2 is 2.16 bits per heavy atom. The van der Waals surface area contributed by atoms with Crippen molar-refractivity contribution in [3.63, 3.8) is 0 Å². The highest BCUT2D eigenvalue weighted by molar-refractivity contribution is 5.97. The van der Waals surface area contributed by atoms with E-state index >= 15 is 0 Å². The predicted octanol–water partition coefficient (Wildman–Crippen LogP) is -0.239. The van der Waals surface area contributed by atoms with Gasteiger partial charge in [0.1, 0.15) is 0 Å². The van der Waals surface area contributed by atoms with Crippen molar-refractivity contribution in [1.29, 1.82) is 0 Å². The molecule has 0 aromatic carbocycles. The number of aromatic nitrogens is 1. The van der Waals surface area contributed by atoms with Gasteiger partial charge in [0.25, 0.3) is 5.91 Å². The topological polar surface area (TPSA) is 109 Å². The SMILES string of the molecule is CC(C)NC(=O)CNC(=O)c1ccnc(NN)c1F. The molecule has 104 valence electrons. The number of halogens is 1. The van der Waals surface area contributed by atoms with Crippen molar-refractivity contribution < 1.29 is 14.0 Å². The number of hydrogen-bond acceptors (Lipinski definition) is 5. The third-order valence-electron chi connectivity index (χ3n) is 2.13. The molecule has 1 aromatic rings. The van der Waals surface area contributed by atoms with E-state index < -0.39 is 11.7 Å². The van der Waals surface area contributed by atoms with E-state index in [2.05, 4.69) is 15.6 Å². The summed E-state index contributed by atoms with van der Waals surface area (Å²) in [6.07, 6.45) is 1.24. The lowest BCUT2D eigenvalue weighted by Gasteiger charge is -2.10. The second-order valence-corrected chi connectivity index (χ2v) is 4.07. The molecule has 0 saturated heterocycles. The summed E-state index contributed by atoms with van der Waals surface area (Å²) in [5, 5.41) is 4.90. The summed E-state index contributed by atoms with van der Waals surface area (Å²) in [6, 6.07) is 1.17. The first-order valence-electron chi connectivity index (χ1n) is 5.64. The van der Waals surface area contributed by atoms with Crippen LogP contribution in [0.5, 0.6) is 0 Å². The van der Waals surface area contributed by atoms with E-state index in [0.29, 0.717) is 0 Å². The molecule has 0 spiro atoms. The monoisotopic (exact) mass is 269 g/mol. The Morgan fingerprint density at radius 3 is 2.74 bits per heavy atom. The maximum absolute atomic E-state index is 13.7. The molecule has 0 unspecified atom stereocenters. The van der Waals surface area contributed by atoms with E-state index in [4.69, 9.17) is 5.84 Å². The zero-order valence-corrected chi connectivity index (χ0v) is 10.7. The third-order valence-corrected chi connectivity index (χ3v) is 2.13. The second kappa shape index (κ2) is 6.64. The van der Waals surface area contributed by atoms with Crippen LogP contribution in [0.1, 0.15) is 24.2 Å². The Labute approximate surface area is 109 Å². The van der Waals surface area contributed by atoms with Gasteiger partial charge in [0.2, 0.25) is 5.91 Å². The molecule has 0 radical (unpaired) electrons. The molecule has 0 saturated carbocycles. The highest BCUT2D eigenvalue weighted by Gasteiger charge is 2.16. The van der Waals surface area contributed by atoms with Gasteiger partial charge in [-0.3, -0.25) is 9.59 Å².